The van der Waals surface area contributed by atoms with Gasteiger partial charge in [-0.15, -0.1) is 0 Å². The molecule has 18 heavy (non-hydrogen) atoms. The van der Waals surface area contributed by atoms with Crippen molar-refractivity contribution in [3.8, 4) is 5.75 Å². The number of aromatic hydroxyl groups is 1. The highest BCUT2D eigenvalue weighted by molar-refractivity contribution is 5.33. The van der Waals surface area contributed by atoms with Crippen LogP contribution >= 0.6 is 0 Å². The Hall–Kier alpha value is -1.13. The first-order chi connectivity index (χ1) is 8.77. The van der Waals surface area contributed by atoms with Crippen LogP contribution in [0.1, 0.15) is 31.2 Å². The minimum Gasteiger partial charge on any atom is -0.505 e. The molecule has 1 aromatic carbocycles. The van der Waals surface area contributed by atoms with Crippen LogP contribution in [-0.2, 0) is 11.3 Å². The second-order valence-electron chi connectivity index (χ2n) is 4.70. The Morgan fingerprint density at radius 2 is 2.28 bits per heavy atom. The Morgan fingerprint density at radius 3 is 3.06 bits per heavy atom. The number of nitrogens with one attached hydrogen (secondary N) is 1. The number of phenolic OH excluding ortho intramolecular Hbond substituents is 1. The molecule has 0 saturated carbocycles. The maximum absolute atomic E-state index is 13.1. The molecule has 0 radical (unpaired) electrons. The maximum atomic E-state index is 13.1. The average molecular weight is 253 g/mol. The van der Waals surface area contributed by atoms with Crippen LogP contribution in [0.25, 0.3) is 0 Å². The monoisotopic (exact) mass is 253 g/mol. The summed E-state index contributed by atoms with van der Waals surface area (Å²) in [4.78, 5) is 0. The lowest BCUT2D eigenvalue weighted by Crippen LogP contribution is -2.25. The Kier molecular flexibility index (Phi) is 4.96. The molecule has 100 valence electrons. The molecular formula is C14H20FNO2. The molecule has 0 bridgehead atoms. The number of benzene rings is 1. The molecule has 0 aliphatic carbocycles. The second kappa shape index (κ2) is 6.71. The van der Waals surface area contributed by atoms with Gasteiger partial charge in [-0.25, -0.2) is 4.39 Å². The zero-order valence-corrected chi connectivity index (χ0v) is 10.5. The predicted octanol–water partition coefficient (Wildman–Crippen LogP) is 2.58. The summed E-state index contributed by atoms with van der Waals surface area (Å²) in [7, 11) is 0. The summed E-state index contributed by atoms with van der Waals surface area (Å²) in [5.41, 5.74) is 0.597. The molecule has 1 fully saturated rings. The zero-order chi connectivity index (χ0) is 12.8. The SMILES string of the molecule is Oc1c(F)cccc1CNCCC1CCCCO1. The lowest BCUT2D eigenvalue weighted by atomic mass is 10.1. The molecule has 0 amide bonds. The smallest absolute Gasteiger partial charge is 0.165 e. The first-order valence-electron chi connectivity index (χ1n) is 6.56. The van der Waals surface area contributed by atoms with E-state index in [0.717, 1.165) is 26.0 Å². The zero-order valence-electron chi connectivity index (χ0n) is 10.5. The Balaban J connectivity index is 1.70. The first kappa shape index (κ1) is 13.3. The number of para-hydroxylation sites is 1. The topological polar surface area (TPSA) is 41.5 Å². The molecule has 1 aliphatic rings. The third kappa shape index (κ3) is 3.68. The van der Waals surface area contributed by atoms with Crippen LogP contribution < -0.4 is 5.32 Å². The minimum absolute atomic E-state index is 0.251. The number of phenols is 1. The van der Waals surface area contributed by atoms with Crippen LogP contribution in [0.15, 0.2) is 18.2 Å². The molecule has 1 unspecified atom stereocenters. The van der Waals surface area contributed by atoms with Crippen LogP contribution in [0.2, 0.25) is 0 Å². The number of ether oxygens (including phenoxy) is 1. The molecule has 2 N–H and O–H groups in total. The Morgan fingerprint density at radius 1 is 1.39 bits per heavy atom. The number of hydrogen-bond donors (Lipinski definition) is 2. The molecule has 4 heteroatoms. The van der Waals surface area contributed by atoms with E-state index in [1.807, 2.05) is 0 Å². The van der Waals surface area contributed by atoms with E-state index in [-0.39, 0.29) is 5.75 Å². The van der Waals surface area contributed by atoms with Gasteiger partial charge in [0.15, 0.2) is 11.6 Å². The highest BCUT2D eigenvalue weighted by Crippen LogP contribution is 2.20. The summed E-state index contributed by atoms with van der Waals surface area (Å²) in [5, 5.41) is 12.7. The van der Waals surface area contributed by atoms with E-state index in [2.05, 4.69) is 5.32 Å². The molecule has 1 aliphatic heterocycles. The lowest BCUT2D eigenvalue weighted by molar-refractivity contribution is 0.0115. The van der Waals surface area contributed by atoms with Crippen LogP contribution in [0.4, 0.5) is 4.39 Å². The lowest BCUT2D eigenvalue weighted by Gasteiger charge is -2.22. The van der Waals surface area contributed by atoms with Gasteiger partial charge in [-0.2, -0.15) is 0 Å². The van der Waals surface area contributed by atoms with Gasteiger partial charge >= 0.3 is 0 Å². The van der Waals surface area contributed by atoms with E-state index in [1.54, 1.807) is 12.1 Å². The molecule has 2 rings (SSSR count). The quantitative estimate of drug-likeness (QED) is 0.792. The summed E-state index contributed by atoms with van der Waals surface area (Å²) in [5.74, 6) is -0.816. The Labute approximate surface area is 107 Å². The van der Waals surface area contributed by atoms with E-state index in [0.29, 0.717) is 18.2 Å². The Bertz CT molecular complexity index is 378. The highest BCUT2D eigenvalue weighted by Gasteiger charge is 2.13. The fourth-order valence-corrected chi connectivity index (χ4v) is 2.22. The molecule has 3 nitrogen and oxygen atoms in total. The number of halogens is 1. The van der Waals surface area contributed by atoms with E-state index in [1.165, 1.54) is 18.9 Å². The fourth-order valence-electron chi connectivity index (χ4n) is 2.22. The van der Waals surface area contributed by atoms with Crippen LogP contribution in [0, 0.1) is 5.82 Å². The summed E-state index contributed by atoms with van der Waals surface area (Å²) in [6.45, 7) is 2.17. The van der Waals surface area contributed by atoms with Crippen LogP contribution in [-0.4, -0.2) is 24.4 Å². The van der Waals surface area contributed by atoms with Crippen molar-refractivity contribution in [2.75, 3.05) is 13.2 Å². The van der Waals surface area contributed by atoms with Crippen LogP contribution in [0.5, 0.6) is 5.75 Å². The highest BCUT2D eigenvalue weighted by atomic mass is 19.1. The van der Waals surface area contributed by atoms with E-state index in [9.17, 15) is 9.50 Å². The average Bonchev–Trinajstić information content (AvgIpc) is 2.40. The van der Waals surface area contributed by atoms with E-state index >= 15 is 0 Å². The first-order valence-corrected chi connectivity index (χ1v) is 6.56. The van der Waals surface area contributed by atoms with Gasteiger partial charge in [0.05, 0.1) is 6.10 Å². The normalized spacial score (nSPS) is 19.9. The van der Waals surface area contributed by atoms with Crippen molar-refractivity contribution in [2.24, 2.45) is 0 Å². The molecule has 1 aromatic rings. The second-order valence-corrected chi connectivity index (χ2v) is 4.70. The van der Waals surface area contributed by atoms with Gasteiger partial charge in [0.2, 0.25) is 0 Å². The molecule has 1 heterocycles. The van der Waals surface area contributed by atoms with Crippen molar-refractivity contribution < 1.29 is 14.2 Å². The summed E-state index contributed by atoms with van der Waals surface area (Å²) in [6, 6.07) is 4.59. The predicted molar refractivity (Wildman–Crippen MR) is 68.0 cm³/mol. The van der Waals surface area contributed by atoms with Gasteiger partial charge in [-0.3, -0.25) is 0 Å². The third-order valence-corrected chi connectivity index (χ3v) is 3.30. The third-order valence-electron chi connectivity index (χ3n) is 3.30. The standard InChI is InChI=1S/C14H20FNO2/c15-13-6-3-4-11(14(13)17)10-16-8-7-12-5-1-2-9-18-12/h3-4,6,12,16-17H,1-2,5,7-10H2. The van der Waals surface area contributed by atoms with Gasteiger partial charge in [0.1, 0.15) is 0 Å². The molecule has 1 saturated heterocycles. The van der Waals surface area contributed by atoms with Crippen molar-refractivity contribution in [1.82, 2.24) is 5.32 Å². The van der Waals surface area contributed by atoms with Crippen molar-refractivity contribution in [3.05, 3.63) is 29.6 Å². The van der Waals surface area contributed by atoms with Crippen molar-refractivity contribution >= 4 is 0 Å². The molecule has 0 aromatic heterocycles. The van der Waals surface area contributed by atoms with Gasteiger partial charge in [0, 0.05) is 18.7 Å². The summed E-state index contributed by atoms with van der Waals surface area (Å²) >= 11 is 0. The molecule has 1 atom stereocenters. The summed E-state index contributed by atoms with van der Waals surface area (Å²) in [6.07, 6.45) is 4.87. The number of rotatable bonds is 5. The van der Waals surface area contributed by atoms with Gasteiger partial charge < -0.3 is 15.2 Å². The molecular weight excluding hydrogens is 233 g/mol. The number of hydrogen-bond acceptors (Lipinski definition) is 3. The van der Waals surface area contributed by atoms with Gasteiger partial charge in [-0.1, -0.05) is 12.1 Å². The minimum atomic E-state index is -0.565. The van der Waals surface area contributed by atoms with E-state index < -0.39 is 5.82 Å². The van der Waals surface area contributed by atoms with E-state index in [4.69, 9.17) is 4.74 Å². The van der Waals surface area contributed by atoms with Crippen molar-refractivity contribution in [3.63, 3.8) is 0 Å². The van der Waals surface area contributed by atoms with Crippen LogP contribution in [0.3, 0.4) is 0 Å². The van der Waals surface area contributed by atoms with Gasteiger partial charge in [0.25, 0.3) is 0 Å². The van der Waals surface area contributed by atoms with Crippen molar-refractivity contribution in [1.29, 1.82) is 0 Å². The summed E-state index contributed by atoms with van der Waals surface area (Å²) < 4.78 is 18.7. The molecule has 0 spiro atoms. The van der Waals surface area contributed by atoms with Crippen molar-refractivity contribution in [2.45, 2.75) is 38.3 Å². The fraction of sp³-hybridized carbons (Fsp3) is 0.571. The van der Waals surface area contributed by atoms with Gasteiger partial charge in [-0.05, 0) is 38.3 Å². The largest absolute Gasteiger partial charge is 0.505 e. The maximum Gasteiger partial charge on any atom is 0.165 e.